The molecule has 1 fully saturated rings. The van der Waals surface area contributed by atoms with Crippen LogP contribution in [0.25, 0.3) is 0 Å². The summed E-state index contributed by atoms with van der Waals surface area (Å²) >= 11 is 0. The summed E-state index contributed by atoms with van der Waals surface area (Å²) in [6.07, 6.45) is 3.56. The third kappa shape index (κ3) is 3.50. The molecule has 0 amide bonds. The van der Waals surface area contributed by atoms with Gasteiger partial charge in [-0.3, -0.25) is 0 Å². The van der Waals surface area contributed by atoms with Crippen molar-refractivity contribution >= 4 is 10.3 Å². The Hall–Kier alpha value is -2.05. The van der Waals surface area contributed by atoms with Crippen LogP contribution in [0.1, 0.15) is 36.5 Å². The van der Waals surface area contributed by atoms with Gasteiger partial charge in [0.2, 0.25) is 0 Å². The van der Waals surface area contributed by atoms with E-state index in [1.807, 2.05) is 36.4 Å². The van der Waals surface area contributed by atoms with Gasteiger partial charge in [0.25, 0.3) is 0 Å². The van der Waals surface area contributed by atoms with Crippen LogP contribution in [0.4, 0.5) is 0 Å². The third-order valence-electron chi connectivity index (χ3n) is 4.74. The minimum Gasteiger partial charge on any atom is -0.485 e. The first-order chi connectivity index (χ1) is 12.1. The highest BCUT2D eigenvalue weighted by Crippen LogP contribution is 2.37. The molecular weight excluding hydrogens is 338 g/mol. The van der Waals surface area contributed by atoms with Crippen molar-refractivity contribution < 1.29 is 17.3 Å². The molecule has 1 unspecified atom stereocenters. The lowest BCUT2D eigenvalue weighted by Gasteiger charge is -2.27. The number of aryl methyl sites for hydroxylation is 1. The Kier molecular flexibility index (Phi) is 4.39. The molecule has 0 aromatic heterocycles. The summed E-state index contributed by atoms with van der Waals surface area (Å²) in [5.41, 5.74) is 2.21. The van der Waals surface area contributed by atoms with Crippen molar-refractivity contribution in [1.82, 2.24) is 4.31 Å². The summed E-state index contributed by atoms with van der Waals surface area (Å²) in [6.45, 7) is 1.06. The van der Waals surface area contributed by atoms with E-state index in [9.17, 15) is 8.42 Å². The van der Waals surface area contributed by atoms with E-state index < -0.39 is 10.3 Å². The number of hydrogen-bond donors (Lipinski definition) is 0. The fraction of sp³-hybridized carbons (Fsp3) is 0.368. The van der Waals surface area contributed by atoms with Crippen molar-refractivity contribution in [2.45, 2.75) is 31.8 Å². The van der Waals surface area contributed by atoms with Crippen LogP contribution in [0.15, 0.2) is 48.5 Å². The quantitative estimate of drug-likeness (QED) is 0.839. The molecule has 5 nitrogen and oxygen atoms in total. The average molecular weight is 359 g/mol. The topological polar surface area (TPSA) is 55.8 Å². The second-order valence-corrected chi connectivity index (χ2v) is 8.01. The van der Waals surface area contributed by atoms with E-state index >= 15 is 0 Å². The van der Waals surface area contributed by atoms with Crippen molar-refractivity contribution in [2.75, 3.05) is 13.1 Å². The van der Waals surface area contributed by atoms with E-state index in [1.54, 1.807) is 12.1 Å². The minimum absolute atomic E-state index is 0.0147. The summed E-state index contributed by atoms with van der Waals surface area (Å²) in [6, 6.07) is 15.4. The van der Waals surface area contributed by atoms with Gasteiger partial charge in [0.1, 0.15) is 17.6 Å². The molecule has 0 N–H and O–H groups in total. The van der Waals surface area contributed by atoms with Gasteiger partial charge in [-0.25, -0.2) is 0 Å². The molecule has 25 heavy (non-hydrogen) atoms. The molecule has 1 saturated heterocycles. The summed E-state index contributed by atoms with van der Waals surface area (Å²) in [4.78, 5) is 0. The van der Waals surface area contributed by atoms with Crippen LogP contribution in [0, 0.1) is 0 Å². The molecule has 0 bridgehead atoms. The maximum atomic E-state index is 12.3. The Labute approximate surface area is 148 Å². The maximum Gasteiger partial charge on any atom is 0.385 e. The monoisotopic (exact) mass is 359 g/mol. The van der Waals surface area contributed by atoms with Crippen LogP contribution >= 0.6 is 0 Å². The van der Waals surface area contributed by atoms with Crippen molar-refractivity contribution in [3.05, 3.63) is 59.7 Å². The van der Waals surface area contributed by atoms with E-state index in [4.69, 9.17) is 8.92 Å². The highest BCUT2D eigenvalue weighted by Gasteiger charge is 2.28. The van der Waals surface area contributed by atoms with E-state index in [2.05, 4.69) is 0 Å². The van der Waals surface area contributed by atoms with Crippen molar-refractivity contribution in [2.24, 2.45) is 0 Å². The average Bonchev–Trinajstić information content (AvgIpc) is 3.17. The zero-order valence-corrected chi connectivity index (χ0v) is 14.7. The largest absolute Gasteiger partial charge is 0.485 e. The highest BCUT2D eigenvalue weighted by molar-refractivity contribution is 7.84. The zero-order chi connectivity index (χ0) is 17.3. The lowest BCUT2D eigenvalue weighted by atomic mass is 9.97. The van der Waals surface area contributed by atoms with Gasteiger partial charge in [0, 0.05) is 19.2 Å². The van der Waals surface area contributed by atoms with E-state index in [1.165, 1.54) is 4.31 Å². The molecule has 2 heterocycles. The number of nitrogens with zero attached hydrogens (tertiary/aromatic N) is 1. The van der Waals surface area contributed by atoms with Crippen LogP contribution in [0.3, 0.4) is 0 Å². The molecule has 4 rings (SSSR count). The Morgan fingerprint density at radius 2 is 1.80 bits per heavy atom. The molecule has 1 atom stereocenters. The van der Waals surface area contributed by atoms with Gasteiger partial charge in [-0.05, 0) is 42.9 Å². The predicted octanol–water partition coefficient (Wildman–Crippen LogP) is 3.47. The van der Waals surface area contributed by atoms with E-state index in [-0.39, 0.29) is 6.10 Å². The Bertz CT molecular complexity index is 845. The molecule has 6 heteroatoms. The predicted molar refractivity (Wildman–Crippen MR) is 94.9 cm³/mol. The van der Waals surface area contributed by atoms with Gasteiger partial charge >= 0.3 is 10.3 Å². The number of fused-ring (bicyclic) bond motifs is 1. The van der Waals surface area contributed by atoms with Crippen LogP contribution < -0.4 is 8.92 Å². The Balaban J connectivity index is 1.54. The zero-order valence-electron chi connectivity index (χ0n) is 13.9. The molecule has 2 aromatic carbocycles. The number of rotatable bonds is 4. The van der Waals surface area contributed by atoms with Gasteiger partial charge < -0.3 is 8.92 Å². The molecule has 2 aliphatic rings. The molecular formula is C19H21NO4S. The van der Waals surface area contributed by atoms with Crippen molar-refractivity contribution in [1.29, 1.82) is 0 Å². The number of benzene rings is 2. The third-order valence-corrected chi connectivity index (χ3v) is 6.14. The van der Waals surface area contributed by atoms with E-state index in [0.29, 0.717) is 24.6 Å². The summed E-state index contributed by atoms with van der Waals surface area (Å²) in [7, 11) is -3.73. The maximum absolute atomic E-state index is 12.3. The molecule has 2 aliphatic heterocycles. The summed E-state index contributed by atoms with van der Waals surface area (Å²) in [5.74, 6) is 1.01. The van der Waals surface area contributed by atoms with Crippen LogP contribution in [0.2, 0.25) is 0 Å². The molecule has 0 saturated carbocycles. The lowest BCUT2D eigenvalue weighted by Crippen LogP contribution is -2.31. The highest BCUT2D eigenvalue weighted by atomic mass is 32.2. The molecule has 0 radical (unpaired) electrons. The minimum atomic E-state index is -3.73. The molecule has 2 aromatic rings. The second kappa shape index (κ2) is 6.69. The van der Waals surface area contributed by atoms with Crippen LogP contribution in [-0.4, -0.2) is 25.8 Å². The fourth-order valence-corrected chi connectivity index (χ4v) is 4.55. The van der Waals surface area contributed by atoms with Gasteiger partial charge in [-0.1, -0.05) is 36.4 Å². The SMILES string of the molecule is O=S(=O)(Oc1ccc2c(c1)OC(c1ccccc1)CC2)N1CCCC1. The van der Waals surface area contributed by atoms with Gasteiger partial charge in [0.15, 0.2) is 0 Å². The smallest absolute Gasteiger partial charge is 0.385 e. The first-order valence-corrected chi connectivity index (χ1v) is 10.0. The van der Waals surface area contributed by atoms with Crippen molar-refractivity contribution in [3.8, 4) is 11.5 Å². The number of ether oxygens (including phenoxy) is 1. The molecule has 132 valence electrons. The first-order valence-electron chi connectivity index (χ1n) is 8.66. The first kappa shape index (κ1) is 16.4. The second-order valence-electron chi connectivity index (χ2n) is 6.47. The summed E-state index contributed by atoms with van der Waals surface area (Å²) < 4.78 is 37.4. The Morgan fingerprint density at radius 1 is 1.04 bits per heavy atom. The van der Waals surface area contributed by atoms with Crippen LogP contribution in [-0.2, 0) is 16.7 Å². The van der Waals surface area contributed by atoms with Gasteiger partial charge in [-0.2, -0.15) is 12.7 Å². The van der Waals surface area contributed by atoms with Crippen LogP contribution in [0.5, 0.6) is 11.5 Å². The normalized spacial score (nSPS) is 20.7. The van der Waals surface area contributed by atoms with Gasteiger partial charge in [-0.15, -0.1) is 0 Å². The van der Waals surface area contributed by atoms with Crippen molar-refractivity contribution in [3.63, 3.8) is 0 Å². The lowest BCUT2D eigenvalue weighted by molar-refractivity contribution is 0.176. The Morgan fingerprint density at radius 3 is 2.56 bits per heavy atom. The molecule has 0 aliphatic carbocycles. The fourth-order valence-electron chi connectivity index (χ4n) is 3.39. The standard InChI is InChI=1S/C19H21NO4S/c21-25(22,20-12-4-5-13-20)24-17-10-8-16-9-11-18(23-19(16)14-17)15-6-2-1-3-7-15/h1-3,6-8,10,14,18H,4-5,9,11-13H2. The van der Waals surface area contributed by atoms with E-state index in [0.717, 1.165) is 36.8 Å². The molecule has 0 spiro atoms. The van der Waals surface area contributed by atoms with Gasteiger partial charge in [0.05, 0.1) is 0 Å². The number of hydrogen-bond acceptors (Lipinski definition) is 4. The summed E-state index contributed by atoms with van der Waals surface area (Å²) in [5, 5.41) is 0.